The molecule has 106 valence electrons. The SMILES string of the molecule is C[C@@H](O)c1ccc(OCc2ccc(F)cc2Cl)cc1F. The Bertz CT molecular complexity index is 615. The summed E-state index contributed by atoms with van der Waals surface area (Å²) in [5, 5.41) is 9.59. The van der Waals surface area contributed by atoms with Crippen molar-refractivity contribution < 1.29 is 18.6 Å². The quantitative estimate of drug-likeness (QED) is 0.914. The molecule has 0 spiro atoms. The highest BCUT2D eigenvalue weighted by Crippen LogP contribution is 2.24. The van der Waals surface area contributed by atoms with E-state index < -0.39 is 17.7 Å². The summed E-state index contributed by atoms with van der Waals surface area (Å²) in [6.07, 6.45) is -0.879. The van der Waals surface area contributed by atoms with E-state index in [1.165, 1.54) is 37.3 Å². The minimum Gasteiger partial charge on any atom is -0.489 e. The zero-order valence-electron chi connectivity index (χ0n) is 10.7. The molecule has 0 aliphatic rings. The van der Waals surface area contributed by atoms with Gasteiger partial charge in [-0.2, -0.15) is 0 Å². The van der Waals surface area contributed by atoms with Gasteiger partial charge in [-0.3, -0.25) is 0 Å². The molecule has 2 nitrogen and oxygen atoms in total. The molecule has 0 aromatic heterocycles. The number of aliphatic hydroxyl groups excluding tert-OH is 1. The van der Waals surface area contributed by atoms with Crippen molar-refractivity contribution in [2.45, 2.75) is 19.6 Å². The molecule has 0 aliphatic carbocycles. The highest BCUT2D eigenvalue weighted by molar-refractivity contribution is 6.31. The van der Waals surface area contributed by atoms with Crippen molar-refractivity contribution >= 4 is 11.6 Å². The second kappa shape index (κ2) is 6.20. The second-order valence-corrected chi connectivity index (χ2v) is 4.79. The van der Waals surface area contributed by atoms with Crippen LogP contribution in [0, 0.1) is 11.6 Å². The van der Waals surface area contributed by atoms with E-state index in [1.54, 1.807) is 6.07 Å². The third kappa shape index (κ3) is 3.46. The van der Waals surface area contributed by atoms with Gasteiger partial charge in [0.15, 0.2) is 0 Å². The number of aliphatic hydroxyl groups is 1. The Labute approximate surface area is 120 Å². The maximum Gasteiger partial charge on any atom is 0.132 e. The standard InChI is InChI=1S/C15H13ClF2O2/c1-9(19)13-5-4-12(7-15(13)18)20-8-10-2-3-11(17)6-14(10)16/h2-7,9,19H,8H2,1H3/t9-/m1/s1. The van der Waals surface area contributed by atoms with E-state index in [9.17, 15) is 13.9 Å². The fourth-order valence-electron chi connectivity index (χ4n) is 1.74. The normalized spacial score (nSPS) is 12.2. The fraction of sp³-hybridized carbons (Fsp3) is 0.200. The van der Waals surface area contributed by atoms with Crippen LogP contribution in [0.3, 0.4) is 0 Å². The molecule has 0 fully saturated rings. The summed E-state index contributed by atoms with van der Waals surface area (Å²) in [6, 6.07) is 8.20. The Morgan fingerprint density at radius 2 is 1.95 bits per heavy atom. The first-order valence-electron chi connectivity index (χ1n) is 6.01. The summed E-state index contributed by atoms with van der Waals surface area (Å²) in [4.78, 5) is 0. The van der Waals surface area contributed by atoms with Crippen LogP contribution in [-0.4, -0.2) is 5.11 Å². The number of hydrogen-bond donors (Lipinski definition) is 1. The van der Waals surface area contributed by atoms with Crippen LogP contribution in [0.25, 0.3) is 0 Å². The van der Waals surface area contributed by atoms with Crippen molar-refractivity contribution in [2.24, 2.45) is 0 Å². The molecule has 5 heteroatoms. The summed E-state index contributed by atoms with van der Waals surface area (Å²) < 4.78 is 31.9. The van der Waals surface area contributed by atoms with Gasteiger partial charge in [-0.25, -0.2) is 8.78 Å². The molecule has 1 N–H and O–H groups in total. The highest BCUT2D eigenvalue weighted by Gasteiger charge is 2.09. The van der Waals surface area contributed by atoms with Gasteiger partial charge in [0.05, 0.1) is 11.1 Å². The average molecular weight is 299 g/mol. The highest BCUT2D eigenvalue weighted by atomic mass is 35.5. The van der Waals surface area contributed by atoms with Crippen molar-refractivity contribution in [1.82, 2.24) is 0 Å². The molecule has 0 aliphatic heterocycles. The number of ether oxygens (including phenoxy) is 1. The van der Waals surface area contributed by atoms with E-state index in [0.29, 0.717) is 11.3 Å². The van der Waals surface area contributed by atoms with Crippen LogP contribution >= 0.6 is 11.6 Å². The Morgan fingerprint density at radius 1 is 1.20 bits per heavy atom. The molecule has 0 bridgehead atoms. The lowest BCUT2D eigenvalue weighted by Gasteiger charge is -2.10. The Hall–Kier alpha value is -1.65. The molecular formula is C15H13ClF2O2. The molecule has 0 heterocycles. The summed E-state index contributed by atoms with van der Waals surface area (Å²) in [5.41, 5.74) is 0.810. The summed E-state index contributed by atoms with van der Waals surface area (Å²) in [5.74, 6) is -0.652. The number of benzene rings is 2. The lowest BCUT2D eigenvalue weighted by Crippen LogP contribution is -2.00. The zero-order chi connectivity index (χ0) is 14.7. The van der Waals surface area contributed by atoms with E-state index in [4.69, 9.17) is 16.3 Å². The third-order valence-electron chi connectivity index (χ3n) is 2.83. The van der Waals surface area contributed by atoms with Crippen LogP contribution < -0.4 is 4.74 Å². The number of hydrogen-bond acceptors (Lipinski definition) is 2. The summed E-state index contributed by atoms with van der Waals surface area (Å²) in [6.45, 7) is 1.59. The Kier molecular flexibility index (Phi) is 4.57. The first-order chi connectivity index (χ1) is 9.47. The molecular weight excluding hydrogens is 286 g/mol. The second-order valence-electron chi connectivity index (χ2n) is 4.38. The average Bonchev–Trinajstić information content (AvgIpc) is 2.37. The number of rotatable bonds is 4. The molecule has 2 aromatic rings. The molecule has 2 aromatic carbocycles. The number of halogens is 3. The smallest absolute Gasteiger partial charge is 0.132 e. The van der Waals surface area contributed by atoms with Gasteiger partial charge in [-0.05, 0) is 31.2 Å². The lowest BCUT2D eigenvalue weighted by atomic mass is 10.1. The van der Waals surface area contributed by atoms with Gasteiger partial charge >= 0.3 is 0 Å². The molecule has 1 atom stereocenters. The third-order valence-corrected chi connectivity index (χ3v) is 3.18. The van der Waals surface area contributed by atoms with Crippen LogP contribution in [0.5, 0.6) is 5.75 Å². The topological polar surface area (TPSA) is 29.5 Å². The molecule has 20 heavy (non-hydrogen) atoms. The minimum atomic E-state index is -0.879. The van der Waals surface area contributed by atoms with Gasteiger partial charge in [0.25, 0.3) is 0 Å². The van der Waals surface area contributed by atoms with Crippen molar-refractivity contribution in [1.29, 1.82) is 0 Å². The van der Waals surface area contributed by atoms with Crippen LogP contribution in [0.2, 0.25) is 5.02 Å². The van der Waals surface area contributed by atoms with Gasteiger partial charge < -0.3 is 9.84 Å². The molecule has 2 rings (SSSR count). The van der Waals surface area contributed by atoms with Gasteiger partial charge in [0.1, 0.15) is 24.0 Å². The van der Waals surface area contributed by atoms with E-state index in [-0.39, 0.29) is 17.2 Å². The van der Waals surface area contributed by atoms with Crippen molar-refractivity contribution in [3.63, 3.8) is 0 Å². The zero-order valence-corrected chi connectivity index (χ0v) is 11.5. The molecule has 0 radical (unpaired) electrons. The summed E-state index contributed by atoms with van der Waals surface area (Å²) in [7, 11) is 0. The van der Waals surface area contributed by atoms with Crippen LogP contribution in [0.15, 0.2) is 36.4 Å². The van der Waals surface area contributed by atoms with Crippen molar-refractivity contribution in [3.05, 3.63) is 64.2 Å². The maximum atomic E-state index is 13.6. The van der Waals surface area contributed by atoms with Gasteiger partial charge in [0.2, 0.25) is 0 Å². The molecule has 0 saturated heterocycles. The Morgan fingerprint density at radius 3 is 2.55 bits per heavy atom. The first-order valence-corrected chi connectivity index (χ1v) is 6.39. The predicted molar refractivity (Wildman–Crippen MR) is 72.8 cm³/mol. The minimum absolute atomic E-state index is 0.104. The first kappa shape index (κ1) is 14.8. The summed E-state index contributed by atoms with van der Waals surface area (Å²) >= 11 is 5.87. The van der Waals surface area contributed by atoms with E-state index in [2.05, 4.69) is 0 Å². The predicted octanol–water partition coefficient (Wildman–Crippen LogP) is 4.25. The van der Waals surface area contributed by atoms with E-state index in [0.717, 1.165) is 0 Å². The monoisotopic (exact) mass is 298 g/mol. The van der Waals surface area contributed by atoms with E-state index >= 15 is 0 Å². The van der Waals surface area contributed by atoms with Crippen LogP contribution in [0.4, 0.5) is 8.78 Å². The molecule has 0 saturated carbocycles. The van der Waals surface area contributed by atoms with Gasteiger partial charge in [-0.15, -0.1) is 0 Å². The van der Waals surface area contributed by atoms with Crippen LogP contribution in [-0.2, 0) is 6.61 Å². The van der Waals surface area contributed by atoms with E-state index in [1.807, 2.05) is 0 Å². The fourth-order valence-corrected chi connectivity index (χ4v) is 1.96. The van der Waals surface area contributed by atoms with Crippen molar-refractivity contribution in [3.8, 4) is 5.75 Å². The van der Waals surface area contributed by atoms with Crippen molar-refractivity contribution in [2.75, 3.05) is 0 Å². The molecule has 0 amide bonds. The van der Waals surface area contributed by atoms with Gasteiger partial charge in [-0.1, -0.05) is 17.7 Å². The van der Waals surface area contributed by atoms with Gasteiger partial charge in [0, 0.05) is 17.2 Å². The lowest BCUT2D eigenvalue weighted by molar-refractivity contribution is 0.194. The Balaban J connectivity index is 2.09. The largest absolute Gasteiger partial charge is 0.489 e. The molecule has 0 unspecified atom stereocenters. The van der Waals surface area contributed by atoms with Crippen LogP contribution in [0.1, 0.15) is 24.2 Å². The maximum absolute atomic E-state index is 13.6.